The molecule has 5 rings (SSSR count). The number of hydrogen-bond donors (Lipinski definition) is 0. The van der Waals surface area contributed by atoms with E-state index in [0.29, 0.717) is 36.3 Å². The van der Waals surface area contributed by atoms with Crippen LogP contribution < -0.4 is 10.2 Å². The van der Waals surface area contributed by atoms with Gasteiger partial charge in [-0.25, -0.2) is 0 Å². The molecule has 0 aliphatic carbocycles. The monoisotopic (exact) mass is 461 g/mol. The minimum absolute atomic E-state index is 0.0357. The molecule has 1 aromatic heterocycles. The summed E-state index contributed by atoms with van der Waals surface area (Å²) < 4.78 is 17.8. The van der Waals surface area contributed by atoms with Crippen LogP contribution in [-0.4, -0.2) is 36.7 Å². The predicted molar refractivity (Wildman–Crippen MR) is 131 cm³/mol. The molecule has 0 saturated carbocycles. The normalized spacial score (nSPS) is 19.7. The fourth-order valence-electron chi connectivity index (χ4n) is 4.90. The van der Waals surface area contributed by atoms with E-state index in [2.05, 4.69) is 6.92 Å². The van der Waals surface area contributed by atoms with Crippen molar-refractivity contribution in [1.82, 2.24) is 4.90 Å². The largest absolute Gasteiger partial charge is 0.494 e. The van der Waals surface area contributed by atoms with Crippen molar-refractivity contribution in [3.8, 4) is 5.75 Å². The molecule has 0 N–H and O–H groups in total. The van der Waals surface area contributed by atoms with E-state index >= 15 is 0 Å². The van der Waals surface area contributed by atoms with E-state index in [1.165, 1.54) is 0 Å². The molecule has 6 heteroatoms. The highest BCUT2D eigenvalue weighted by Gasteiger charge is 2.44. The van der Waals surface area contributed by atoms with Crippen molar-refractivity contribution in [2.75, 3.05) is 19.8 Å². The van der Waals surface area contributed by atoms with E-state index in [0.717, 1.165) is 48.1 Å². The second kappa shape index (κ2) is 9.26. The smallest absolute Gasteiger partial charge is 0.291 e. The molecular weight excluding hydrogens is 430 g/mol. The first-order valence-electron chi connectivity index (χ1n) is 12.2. The molecule has 1 amide bonds. The molecule has 34 heavy (non-hydrogen) atoms. The van der Waals surface area contributed by atoms with Crippen LogP contribution in [0.2, 0.25) is 0 Å². The average molecular weight is 462 g/mol. The van der Waals surface area contributed by atoms with E-state index < -0.39 is 6.04 Å². The average Bonchev–Trinajstić information content (AvgIpc) is 3.44. The number of hydrogen-bond acceptors (Lipinski definition) is 5. The maximum atomic E-state index is 13.7. The molecule has 6 nitrogen and oxygen atoms in total. The summed E-state index contributed by atoms with van der Waals surface area (Å²) in [5, 5.41) is 0.512. The van der Waals surface area contributed by atoms with Crippen LogP contribution in [0, 0.1) is 13.8 Å². The minimum Gasteiger partial charge on any atom is -0.494 e. The van der Waals surface area contributed by atoms with Crippen molar-refractivity contribution in [3.05, 3.63) is 74.6 Å². The number of unbranched alkanes of at least 4 members (excludes halogenated alkanes) is 1. The Morgan fingerprint density at radius 1 is 1.09 bits per heavy atom. The second-order valence-electron chi connectivity index (χ2n) is 9.37. The number of benzene rings is 2. The van der Waals surface area contributed by atoms with Gasteiger partial charge in [0.1, 0.15) is 11.3 Å². The first-order chi connectivity index (χ1) is 16.5. The lowest BCUT2D eigenvalue weighted by atomic mass is 9.97. The molecule has 0 radical (unpaired) electrons. The summed E-state index contributed by atoms with van der Waals surface area (Å²) in [7, 11) is 0. The molecule has 2 aliphatic rings. The summed E-state index contributed by atoms with van der Waals surface area (Å²) in [6, 6.07) is 10.9. The van der Waals surface area contributed by atoms with Crippen molar-refractivity contribution in [2.24, 2.45) is 0 Å². The standard InChI is InChI=1S/C28H31NO5/c1-4-5-12-32-20-10-8-19(9-11-20)25-24-26(30)22-14-17(2)18(3)15-23(22)34-27(24)28(31)29(25)16-21-7-6-13-33-21/h8-11,14-15,21,25H,4-7,12-13,16H2,1-3H3. The fourth-order valence-corrected chi connectivity index (χ4v) is 4.90. The van der Waals surface area contributed by atoms with Gasteiger partial charge in [-0.05, 0) is 74.1 Å². The van der Waals surface area contributed by atoms with Gasteiger partial charge in [0.05, 0.1) is 29.7 Å². The molecule has 178 valence electrons. The summed E-state index contributed by atoms with van der Waals surface area (Å²) >= 11 is 0. The second-order valence-corrected chi connectivity index (χ2v) is 9.37. The summed E-state index contributed by atoms with van der Waals surface area (Å²) in [6.07, 6.45) is 3.91. The zero-order chi connectivity index (χ0) is 23.8. The van der Waals surface area contributed by atoms with Crippen LogP contribution in [0.4, 0.5) is 0 Å². The number of amides is 1. The Labute approximate surface area is 199 Å². The van der Waals surface area contributed by atoms with Gasteiger partial charge in [-0.2, -0.15) is 0 Å². The highest BCUT2D eigenvalue weighted by molar-refractivity contribution is 5.99. The third kappa shape index (κ3) is 4.00. The molecule has 2 aromatic carbocycles. The van der Waals surface area contributed by atoms with Gasteiger partial charge < -0.3 is 18.8 Å². The molecule has 2 atom stereocenters. The zero-order valence-corrected chi connectivity index (χ0v) is 20.1. The Morgan fingerprint density at radius 3 is 2.56 bits per heavy atom. The van der Waals surface area contributed by atoms with E-state index in [-0.39, 0.29) is 23.2 Å². The maximum absolute atomic E-state index is 13.7. The van der Waals surface area contributed by atoms with Crippen molar-refractivity contribution < 1.29 is 18.7 Å². The quantitative estimate of drug-likeness (QED) is 0.446. The lowest BCUT2D eigenvalue weighted by molar-refractivity contribution is 0.0486. The van der Waals surface area contributed by atoms with E-state index in [1.54, 1.807) is 4.90 Å². The lowest BCUT2D eigenvalue weighted by Gasteiger charge is -2.27. The highest BCUT2D eigenvalue weighted by atomic mass is 16.5. The summed E-state index contributed by atoms with van der Waals surface area (Å²) in [4.78, 5) is 29.1. The van der Waals surface area contributed by atoms with Crippen molar-refractivity contribution in [1.29, 1.82) is 0 Å². The van der Waals surface area contributed by atoms with Gasteiger partial charge in [0.25, 0.3) is 5.91 Å². The van der Waals surface area contributed by atoms with Crippen LogP contribution in [0.3, 0.4) is 0 Å². The van der Waals surface area contributed by atoms with Crippen LogP contribution in [0.15, 0.2) is 45.6 Å². The molecule has 0 bridgehead atoms. The Morgan fingerprint density at radius 2 is 1.85 bits per heavy atom. The van der Waals surface area contributed by atoms with Gasteiger partial charge in [-0.1, -0.05) is 25.5 Å². The van der Waals surface area contributed by atoms with Crippen LogP contribution in [0.25, 0.3) is 11.0 Å². The molecular formula is C28H31NO5. The molecule has 3 heterocycles. The van der Waals surface area contributed by atoms with Crippen LogP contribution in [0.1, 0.15) is 71.5 Å². The third-order valence-corrected chi connectivity index (χ3v) is 6.97. The van der Waals surface area contributed by atoms with Crippen LogP contribution in [0.5, 0.6) is 5.75 Å². The molecule has 0 spiro atoms. The summed E-state index contributed by atoms with van der Waals surface area (Å²) in [5.74, 6) is 0.673. The highest BCUT2D eigenvalue weighted by Crippen LogP contribution is 2.39. The van der Waals surface area contributed by atoms with Crippen LogP contribution >= 0.6 is 0 Å². The first-order valence-corrected chi connectivity index (χ1v) is 12.2. The number of fused-ring (bicyclic) bond motifs is 2. The number of carbonyl (C=O) groups excluding carboxylic acids is 1. The van der Waals surface area contributed by atoms with E-state index in [4.69, 9.17) is 13.9 Å². The molecule has 1 saturated heterocycles. The Hall–Kier alpha value is -3.12. The van der Waals surface area contributed by atoms with Gasteiger partial charge >= 0.3 is 0 Å². The maximum Gasteiger partial charge on any atom is 0.291 e. The molecule has 2 aliphatic heterocycles. The summed E-state index contributed by atoms with van der Waals surface area (Å²) in [6.45, 7) is 7.87. The van der Waals surface area contributed by atoms with E-state index in [1.807, 2.05) is 50.2 Å². The van der Waals surface area contributed by atoms with Crippen molar-refractivity contribution >= 4 is 16.9 Å². The fraction of sp³-hybridized carbons (Fsp3) is 0.429. The number of carbonyl (C=O) groups is 1. The Kier molecular flexibility index (Phi) is 6.17. The van der Waals surface area contributed by atoms with Gasteiger partial charge in [-0.15, -0.1) is 0 Å². The number of aryl methyl sites for hydroxylation is 2. The molecule has 3 aromatic rings. The zero-order valence-electron chi connectivity index (χ0n) is 20.1. The Bertz CT molecular complexity index is 1270. The first kappa shape index (κ1) is 22.7. The third-order valence-electron chi connectivity index (χ3n) is 6.97. The number of rotatable bonds is 7. The SMILES string of the molecule is CCCCOc1ccc(C2c3c(oc4cc(C)c(C)cc4c3=O)C(=O)N2CC2CCCO2)cc1. The van der Waals surface area contributed by atoms with Gasteiger partial charge in [0.15, 0.2) is 5.43 Å². The Balaban J connectivity index is 1.60. The van der Waals surface area contributed by atoms with Gasteiger partial charge in [0.2, 0.25) is 5.76 Å². The van der Waals surface area contributed by atoms with Gasteiger partial charge in [0, 0.05) is 13.2 Å². The number of ether oxygens (including phenoxy) is 2. The molecule has 2 unspecified atom stereocenters. The lowest BCUT2D eigenvalue weighted by Crippen LogP contribution is -2.36. The summed E-state index contributed by atoms with van der Waals surface area (Å²) in [5.41, 5.74) is 3.63. The minimum atomic E-state index is -0.515. The molecule has 1 fully saturated rings. The van der Waals surface area contributed by atoms with Gasteiger partial charge in [-0.3, -0.25) is 9.59 Å². The van der Waals surface area contributed by atoms with Crippen molar-refractivity contribution in [2.45, 2.75) is 58.6 Å². The van der Waals surface area contributed by atoms with Crippen LogP contribution in [-0.2, 0) is 4.74 Å². The predicted octanol–water partition coefficient (Wildman–Crippen LogP) is 5.31. The van der Waals surface area contributed by atoms with Crippen molar-refractivity contribution in [3.63, 3.8) is 0 Å². The number of nitrogens with zero attached hydrogens (tertiary/aromatic N) is 1. The topological polar surface area (TPSA) is 69.0 Å². The van der Waals surface area contributed by atoms with E-state index in [9.17, 15) is 9.59 Å².